The van der Waals surface area contributed by atoms with Gasteiger partial charge in [-0.3, -0.25) is 4.79 Å². The van der Waals surface area contributed by atoms with Gasteiger partial charge in [-0.1, -0.05) is 6.07 Å². The second-order valence-corrected chi connectivity index (χ2v) is 3.70. The van der Waals surface area contributed by atoms with Crippen LogP contribution in [0.4, 0.5) is 4.39 Å². The highest BCUT2D eigenvalue weighted by Crippen LogP contribution is 2.11. The van der Waals surface area contributed by atoms with E-state index in [4.69, 9.17) is 10.5 Å². The van der Waals surface area contributed by atoms with Gasteiger partial charge in [0.1, 0.15) is 11.6 Å². The van der Waals surface area contributed by atoms with Gasteiger partial charge in [-0.05, 0) is 25.1 Å². The minimum atomic E-state index is -0.383. The van der Waals surface area contributed by atoms with Crippen molar-refractivity contribution in [3.8, 4) is 5.75 Å². The first kappa shape index (κ1) is 13.4. The van der Waals surface area contributed by atoms with Crippen molar-refractivity contribution in [2.75, 3.05) is 26.7 Å². The zero-order valence-electron chi connectivity index (χ0n) is 9.86. The van der Waals surface area contributed by atoms with Gasteiger partial charge in [-0.15, -0.1) is 0 Å². The Morgan fingerprint density at radius 2 is 2.29 bits per heavy atom. The molecule has 0 aliphatic heterocycles. The van der Waals surface area contributed by atoms with Gasteiger partial charge in [-0.2, -0.15) is 0 Å². The van der Waals surface area contributed by atoms with Crippen molar-refractivity contribution in [1.82, 2.24) is 4.90 Å². The lowest BCUT2D eigenvalue weighted by molar-refractivity contribution is -0.132. The maximum absolute atomic E-state index is 12.8. The number of ether oxygens (including phenoxy) is 1. The summed E-state index contributed by atoms with van der Waals surface area (Å²) in [5.74, 6) is -0.181. The SMILES string of the molecule is CN(CCCN)C(=O)COc1cccc(F)c1. The van der Waals surface area contributed by atoms with Crippen LogP contribution in [0.3, 0.4) is 0 Å². The van der Waals surface area contributed by atoms with Crippen LogP contribution in [0.1, 0.15) is 6.42 Å². The van der Waals surface area contributed by atoms with Crippen molar-refractivity contribution < 1.29 is 13.9 Å². The number of hydrogen-bond acceptors (Lipinski definition) is 3. The molecule has 0 unspecified atom stereocenters. The smallest absolute Gasteiger partial charge is 0.260 e. The summed E-state index contributed by atoms with van der Waals surface area (Å²) in [5, 5.41) is 0. The Kier molecular flexibility index (Phi) is 5.42. The molecule has 0 heterocycles. The highest BCUT2D eigenvalue weighted by Gasteiger charge is 2.08. The summed E-state index contributed by atoms with van der Waals surface area (Å²) in [6.07, 6.45) is 0.752. The number of benzene rings is 1. The van der Waals surface area contributed by atoms with E-state index in [2.05, 4.69) is 0 Å². The van der Waals surface area contributed by atoms with Gasteiger partial charge in [0.25, 0.3) is 5.91 Å². The van der Waals surface area contributed by atoms with E-state index in [1.54, 1.807) is 18.0 Å². The fourth-order valence-corrected chi connectivity index (χ4v) is 1.27. The second-order valence-electron chi connectivity index (χ2n) is 3.70. The molecule has 1 amide bonds. The number of hydrogen-bond donors (Lipinski definition) is 1. The third kappa shape index (κ3) is 4.82. The average molecular weight is 240 g/mol. The molecule has 0 aliphatic rings. The van der Waals surface area contributed by atoms with Gasteiger partial charge in [-0.25, -0.2) is 4.39 Å². The van der Waals surface area contributed by atoms with Crippen LogP contribution < -0.4 is 10.5 Å². The van der Waals surface area contributed by atoms with Gasteiger partial charge in [0.15, 0.2) is 6.61 Å². The molecule has 1 aromatic carbocycles. The van der Waals surface area contributed by atoms with E-state index in [-0.39, 0.29) is 18.3 Å². The first-order valence-corrected chi connectivity index (χ1v) is 5.46. The summed E-state index contributed by atoms with van der Waals surface area (Å²) in [4.78, 5) is 13.1. The van der Waals surface area contributed by atoms with Gasteiger partial charge in [0.2, 0.25) is 0 Å². The van der Waals surface area contributed by atoms with Crippen LogP contribution in [0.2, 0.25) is 0 Å². The highest BCUT2D eigenvalue weighted by atomic mass is 19.1. The molecule has 0 bridgehead atoms. The molecule has 5 heteroatoms. The van der Waals surface area contributed by atoms with E-state index in [0.29, 0.717) is 18.8 Å². The minimum Gasteiger partial charge on any atom is -0.484 e. The minimum absolute atomic E-state index is 0.0927. The molecule has 1 rings (SSSR count). The molecular weight excluding hydrogens is 223 g/mol. The number of rotatable bonds is 6. The monoisotopic (exact) mass is 240 g/mol. The van der Waals surface area contributed by atoms with Crippen LogP contribution in [-0.4, -0.2) is 37.6 Å². The predicted molar refractivity (Wildman–Crippen MR) is 63.2 cm³/mol. The summed E-state index contributed by atoms with van der Waals surface area (Å²) in [5.41, 5.74) is 5.35. The van der Waals surface area contributed by atoms with Crippen LogP contribution in [0.5, 0.6) is 5.75 Å². The topological polar surface area (TPSA) is 55.6 Å². The third-order valence-corrected chi connectivity index (χ3v) is 2.28. The molecule has 2 N–H and O–H groups in total. The Bertz CT molecular complexity index is 371. The number of likely N-dealkylation sites (N-methyl/N-ethyl adjacent to an activating group) is 1. The fourth-order valence-electron chi connectivity index (χ4n) is 1.27. The molecular formula is C12H17FN2O2. The fraction of sp³-hybridized carbons (Fsp3) is 0.417. The van der Waals surface area contributed by atoms with Gasteiger partial charge in [0, 0.05) is 19.7 Å². The number of amides is 1. The molecule has 0 aliphatic carbocycles. The van der Waals surface area contributed by atoms with Crippen molar-refractivity contribution in [1.29, 1.82) is 0 Å². The van der Waals surface area contributed by atoms with Crippen molar-refractivity contribution in [2.24, 2.45) is 5.73 Å². The van der Waals surface area contributed by atoms with E-state index in [0.717, 1.165) is 6.42 Å². The van der Waals surface area contributed by atoms with Gasteiger partial charge >= 0.3 is 0 Å². The van der Waals surface area contributed by atoms with Crippen LogP contribution >= 0.6 is 0 Å². The number of carbonyl (C=O) groups excluding carboxylic acids is 1. The van der Waals surface area contributed by atoms with Crippen LogP contribution in [0.15, 0.2) is 24.3 Å². The zero-order chi connectivity index (χ0) is 12.7. The lowest BCUT2D eigenvalue weighted by Crippen LogP contribution is -2.33. The Morgan fingerprint density at radius 1 is 1.53 bits per heavy atom. The molecule has 0 atom stereocenters. The van der Waals surface area contributed by atoms with Gasteiger partial charge < -0.3 is 15.4 Å². The first-order valence-electron chi connectivity index (χ1n) is 5.46. The molecule has 0 radical (unpaired) electrons. The summed E-state index contributed by atoms with van der Waals surface area (Å²) in [7, 11) is 1.69. The van der Waals surface area contributed by atoms with E-state index in [1.165, 1.54) is 18.2 Å². The largest absolute Gasteiger partial charge is 0.484 e. The Balaban J connectivity index is 2.37. The van der Waals surface area contributed by atoms with E-state index in [9.17, 15) is 9.18 Å². The normalized spacial score (nSPS) is 10.1. The van der Waals surface area contributed by atoms with Crippen molar-refractivity contribution in [3.63, 3.8) is 0 Å². The van der Waals surface area contributed by atoms with E-state index in [1.807, 2.05) is 0 Å². The zero-order valence-corrected chi connectivity index (χ0v) is 9.86. The maximum atomic E-state index is 12.8. The summed E-state index contributed by atoms with van der Waals surface area (Å²) in [6.45, 7) is 1.05. The predicted octanol–water partition coefficient (Wildman–Crippen LogP) is 1.01. The quantitative estimate of drug-likeness (QED) is 0.807. The first-order chi connectivity index (χ1) is 8.13. The summed E-state index contributed by atoms with van der Waals surface area (Å²) >= 11 is 0. The molecule has 0 spiro atoms. The molecule has 17 heavy (non-hydrogen) atoms. The Hall–Kier alpha value is -1.62. The molecule has 0 fully saturated rings. The lowest BCUT2D eigenvalue weighted by atomic mass is 10.3. The molecule has 0 saturated heterocycles. The number of halogens is 1. The van der Waals surface area contributed by atoms with Crippen LogP contribution in [-0.2, 0) is 4.79 Å². The number of carbonyl (C=O) groups is 1. The summed E-state index contributed by atoms with van der Waals surface area (Å²) in [6, 6.07) is 5.71. The van der Waals surface area contributed by atoms with Crippen LogP contribution in [0.25, 0.3) is 0 Å². The van der Waals surface area contributed by atoms with Crippen LogP contribution in [0, 0.1) is 5.82 Å². The highest BCUT2D eigenvalue weighted by molar-refractivity contribution is 5.77. The number of nitrogens with two attached hydrogens (primary N) is 1. The standard InChI is InChI=1S/C12H17FN2O2/c1-15(7-3-6-14)12(16)9-17-11-5-2-4-10(13)8-11/h2,4-5,8H,3,6-7,9,14H2,1H3. The molecule has 4 nitrogen and oxygen atoms in total. The lowest BCUT2D eigenvalue weighted by Gasteiger charge is -2.16. The summed E-state index contributed by atoms with van der Waals surface area (Å²) < 4.78 is 18.0. The third-order valence-electron chi connectivity index (χ3n) is 2.28. The Morgan fingerprint density at radius 3 is 2.94 bits per heavy atom. The van der Waals surface area contributed by atoms with Crippen molar-refractivity contribution in [2.45, 2.75) is 6.42 Å². The molecule has 0 aromatic heterocycles. The van der Waals surface area contributed by atoms with Crippen molar-refractivity contribution >= 4 is 5.91 Å². The Labute approximate surface area is 100 Å². The molecule has 94 valence electrons. The second kappa shape index (κ2) is 6.85. The van der Waals surface area contributed by atoms with E-state index < -0.39 is 0 Å². The molecule has 1 aromatic rings. The van der Waals surface area contributed by atoms with Crippen molar-refractivity contribution in [3.05, 3.63) is 30.1 Å². The average Bonchev–Trinajstić information content (AvgIpc) is 2.33. The van der Waals surface area contributed by atoms with E-state index >= 15 is 0 Å². The molecule has 0 saturated carbocycles. The maximum Gasteiger partial charge on any atom is 0.260 e. The number of nitrogens with zero attached hydrogens (tertiary/aromatic N) is 1. The van der Waals surface area contributed by atoms with Gasteiger partial charge in [0.05, 0.1) is 0 Å².